The van der Waals surface area contributed by atoms with Gasteiger partial charge in [0.25, 0.3) is 0 Å². The third-order valence-corrected chi connectivity index (χ3v) is 9.62. The highest BCUT2D eigenvalue weighted by atomic mass is 31.2. The van der Waals surface area contributed by atoms with Gasteiger partial charge in [-0.15, -0.1) is 6.58 Å². The molecule has 13 nitrogen and oxygen atoms in total. The second-order valence-corrected chi connectivity index (χ2v) is 15.5. The fraction of sp³-hybridized carbons (Fsp3) is 0.762. The summed E-state index contributed by atoms with van der Waals surface area (Å²) in [4.78, 5) is 45.7. The molecule has 0 radical (unpaired) electrons. The number of rotatable bonds is 34. The maximum Gasteiger partial charge on any atom is 0.475 e. The van der Waals surface area contributed by atoms with Crippen LogP contribution < -0.4 is 10.6 Å². The lowest BCUT2D eigenvalue weighted by molar-refractivity contribution is -0.147. The fourth-order valence-corrected chi connectivity index (χ4v) is 6.66. The molecule has 0 aromatic heterocycles. The summed E-state index contributed by atoms with van der Waals surface area (Å²) >= 11 is 0. The maximum atomic E-state index is 12.8. The molecule has 0 spiro atoms. The van der Waals surface area contributed by atoms with Crippen LogP contribution in [-0.4, -0.2) is 79.6 Å². The van der Waals surface area contributed by atoms with E-state index in [4.69, 9.17) is 23.0 Å². The summed E-state index contributed by atoms with van der Waals surface area (Å²) in [6, 6.07) is -1.37. The molecule has 0 aromatic rings. The lowest BCUT2D eigenvalue weighted by atomic mass is 10.1. The number of aliphatic hydroxyl groups is 1. The molecule has 326 valence electrons. The Hall–Kier alpha value is -2.83. The van der Waals surface area contributed by atoms with Gasteiger partial charge in [-0.05, 0) is 44.3 Å². The molecule has 5 unspecified atom stereocenters. The van der Waals surface area contributed by atoms with Crippen LogP contribution in [-0.2, 0) is 46.8 Å². The summed E-state index contributed by atoms with van der Waals surface area (Å²) in [5, 5.41) is 14.7. The van der Waals surface area contributed by atoms with Crippen molar-refractivity contribution in [3.8, 4) is 0 Å². The number of ether oxygens (including phenoxy) is 2. The average Bonchev–Trinajstić information content (AvgIpc) is 3.14. The van der Waals surface area contributed by atoms with Gasteiger partial charge in [0.1, 0.15) is 12.2 Å². The predicted octanol–water partition coefficient (Wildman–Crippen LogP) is 8.99. The van der Waals surface area contributed by atoms with Crippen LogP contribution in [0.15, 0.2) is 37.0 Å². The van der Waals surface area contributed by atoms with Crippen molar-refractivity contribution in [2.75, 3.05) is 26.4 Å². The van der Waals surface area contributed by atoms with Crippen molar-refractivity contribution in [2.24, 2.45) is 0 Å². The Balaban J connectivity index is 0. The Kier molecular flexibility index (Phi) is 37.2. The van der Waals surface area contributed by atoms with E-state index in [2.05, 4.69) is 31.1 Å². The van der Waals surface area contributed by atoms with E-state index in [9.17, 15) is 28.8 Å². The second kappa shape index (κ2) is 37.7. The minimum absolute atomic E-state index is 0.0164. The number of amides is 2. The summed E-state index contributed by atoms with van der Waals surface area (Å²) < 4.78 is 39.4. The first-order valence-electron chi connectivity index (χ1n) is 20.8. The van der Waals surface area contributed by atoms with Crippen LogP contribution in [0.5, 0.6) is 0 Å². The Morgan fingerprint density at radius 2 is 1.05 bits per heavy atom. The molecule has 3 N–H and O–H groups in total. The maximum absolute atomic E-state index is 12.8. The van der Waals surface area contributed by atoms with E-state index in [1.807, 2.05) is 19.1 Å². The number of unbranched alkanes of at least 4 members (excludes halogenated alkanes) is 14. The largest absolute Gasteiger partial charge is 0.475 e. The standard InChI is InChI=1S/C24H44NO7P.C18H33NO4/c1-6-9-10-11-12-13-14-15-16-17-24(32-22(5)27)23(25-21(4)26)20-31-33(28,29-18-7-2)30-19-8-3;1-4-5-6-7-8-9-10-11-12-13-18(23-16(3)22)17(14-20)19-15(2)21/h7,16-17,23-24H,2,6,8-15,18-20H2,1,3-5H3,(H,25,26);12-13,17-18,20H,4-11,14H2,1-3H3,(H,19,21)/b17-16+;13-12+. The Morgan fingerprint density at radius 1 is 0.625 bits per heavy atom. The molecule has 0 aliphatic heterocycles. The van der Waals surface area contributed by atoms with Gasteiger partial charge in [0.2, 0.25) is 11.8 Å². The Bertz CT molecular complexity index is 1150. The van der Waals surface area contributed by atoms with Crippen molar-refractivity contribution in [1.82, 2.24) is 10.6 Å². The lowest BCUT2D eigenvalue weighted by Gasteiger charge is -2.26. The number of carbonyl (C=O) groups excluding carboxylic acids is 4. The number of nitrogens with one attached hydrogen (secondary N) is 2. The zero-order valence-electron chi connectivity index (χ0n) is 35.7. The summed E-state index contributed by atoms with van der Waals surface area (Å²) in [7, 11) is -3.86. The van der Waals surface area contributed by atoms with Gasteiger partial charge in [-0.2, -0.15) is 0 Å². The molecule has 0 saturated heterocycles. The third-order valence-electron chi connectivity index (χ3n) is 8.19. The first-order valence-corrected chi connectivity index (χ1v) is 22.2. The topological polar surface area (TPSA) is 176 Å². The minimum atomic E-state index is -3.86. The number of carbonyl (C=O) groups is 4. The monoisotopic (exact) mass is 817 g/mol. The highest BCUT2D eigenvalue weighted by Crippen LogP contribution is 2.49. The Labute approximate surface area is 338 Å². The molecular formula is C42H77N2O11P. The van der Waals surface area contributed by atoms with Crippen LogP contribution in [0.4, 0.5) is 0 Å². The molecule has 0 aliphatic carbocycles. The van der Waals surface area contributed by atoms with Gasteiger partial charge in [0.05, 0.1) is 38.5 Å². The van der Waals surface area contributed by atoms with Gasteiger partial charge in [-0.25, -0.2) is 4.57 Å². The molecule has 0 aromatic carbocycles. The first kappa shape index (κ1) is 55.3. The predicted molar refractivity (Wildman–Crippen MR) is 223 cm³/mol. The normalized spacial score (nSPS) is 14.5. The summed E-state index contributed by atoms with van der Waals surface area (Å²) in [6.45, 7) is 14.8. The molecular weight excluding hydrogens is 739 g/mol. The van der Waals surface area contributed by atoms with Crippen molar-refractivity contribution in [3.63, 3.8) is 0 Å². The van der Waals surface area contributed by atoms with Crippen LogP contribution in [0.1, 0.15) is 158 Å². The van der Waals surface area contributed by atoms with Gasteiger partial charge < -0.3 is 25.2 Å². The van der Waals surface area contributed by atoms with E-state index in [1.54, 1.807) is 12.2 Å². The molecule has 0 fully saturated rings. The summed E-state index contributed by atoms with van der Waals surface area (Å²) in [5.41, 5.74) is 0. The van der Waals surface area contributed by atoms with Gasteiger partial charge in [0, 0.05) is 27.7 Å². The number of esters is 2. The third kappa shape index (κ3) is 34.4. The van der Waals surface area contributed by atoms with Crippen molar-refractivity contribution in [2.45, 2.75) is 182 Å². The molecule has 5 atom stereocenters. The molecule has 0 saturated carbocycles. The first-order chi connectivity index (χ1) is 26.8. The summed E-state index contributed by atoms with van der Waals surface area (Å²) in [5.74, 6) is -1.53. The van der Waals surface area contributed by atoms with Crippen LogP contribution in [0.25, 0.3) is 0 Å². The average molecular weight is 817 g/mol. The van der Waals surface area contributed by atoms with Crippen LogP contribution >= 0.6 is 7.82 Å². The SMILES string of the molecule is C=CCOP(=O)(OCCC)OCC(NC(C)=O)C(/C=C/CCCCCCCCC)OC(C)=O.CCCCCCCCC/C=C/C(OC(C)=O)C(CO)NC(C)=O. The van der Waals surface area contributed by atoms with Crippen molar-refractivity contribution in [1.29, 1.82) is 0 Å². The molecule has 0 aliphatic rings. The second-order valence-electron chi connectivity index (χ2n) is 13.8. The van der Waals surface area contributed by atoms with Crippen molar-refractivity contribution < 1.29 is 51.9 Å². The highest BCUT2D eigenvalue weighted by Gasteiger charge is 2.31. The van der Waals surface area contributed by atoms with Crippen LogP contribution in [0.2, 0.25) is 0 Å². The fourth-order valence-electron chi connectivity index (χ4n) is 5.40. The van der Waals surface area contributed by atoms with Gasteiger partial charge in [-0.3, -0.25) is 32.7 Å². The number of hydrogen-bond acceptors (Lipinski definition) is 11. The molecule has 0 rings (SSSR count). The number of phosphoric acid groups is 1. The van der Waals surface area contributed by atoms with E-state index in [1.165, 1.54) is 104 Å². The molecule has 0 bridgehead atoms. The van der Waals surface area contributed by atoms with E-state index in [0.29, 0.717) is 6.42 Å². The zero-order valence-corrected chi connectivity index (χ0v) is 36.6. The number of allylic oxidation sites excluding steroid dienone is 2. The number of phosphoric ester groups is 1. The molecule has 14 heteroatoms. The highest BCUT2D eigenvalue weighted by molar-refractivity contribution is 7.48. The zero-order chi connectivity index (χ0) is 42.5. The lowest BCUT2D eigenvalue weighted by Crippen LogP contribution is -2.46. The van der Waals surface area contributed by atoms with E-state index >= 15 is 0 Å². The molecule has 2 amide bonds. The van der Waals surface area contributed by atoms with Crippen molar-refractivity contribution in [3.05, 3.63) is 37.0 Å². The van der Waals surface area contributed by atoms with Crippen LogP contribution in [0, 0.1) is 0 Å². The number of hydrogen-bond donors (Lipinski definition) is 3. The Morgan fingerprint density at radius 3 is 1.45 bits per heavy atom. The molecule has 56 heavy (non-hydrogen) atoms. The quantitative estimate of drug-likeness (QED) is 0.0245. The summed E-state index contributed by atoms with van der Waals surface area (Å²) in [6.07, 6.45) is 27.0. The van der Waals surface area contributed by atoms with Gasteiger partial charge in [0.15, 0.2) is 0 Å². The van der Waals surface area contributed by atoms with Gasteiger partial charge >= 0.3 is 19.8 Å². The van der Waals surface area contributed by atoms with E-state index < -0.39 is 44.1 Å². The van der Waals surface area contributed by atoms with Crippen molar-refractivity contribution >= 4 is 31.6 Å². The van der Waals surface area contributed by atoms with E-state index in [-0.39, 0.29) is 38.2 Å². The minimum Gasteiger partial charge on any atom is -0.456 e. The van der Waals surface area contributed by atoms with Crippen LogP contribution in [0.3, 0.4) is 0 Å². The molecule has 0 heterocycles. The van der Waals surface area contributed by atoms with Gasteiger partial charge in [-0.1, -0.05) is 116 Å². The number of aliphatic hydroxyl groups excluding tert-OH is 1. The smallest absolute Gasteiger partial charge is 0.456 e. The van der Waals surface area contributed by atoms with E-state index in [0.717, 1.165) is 32.1 Å².